The van der Waals surface area contributed by atoms with E-state index in [0.717, 1.165) is 32.5 Å². The van der Waals surface area contributed by atoms with Crippen molar-refractivity contribution in [3.8, 4) is 0 Å². The minimum atomic E-state index is -0.491. The van der Waals surface area contributed by atoms with Gasteiger partial charge in [-0.1, -0.05) is 18.2 Å². The summed E-state index contributed by atoms with van der Waals surface area (Å²) in [6.07, 6.45) is 1.74. The minimum Gasteiger partial charge on any atom is -0.444 e. The Kier molecular flexibility index (Phi) is 6.83. The zero-order valence-electron chi connectivity index (χ0n) is 17.6. The van der Waals surface area contributed by atoms with Crippen LogP contribution in [0.5, 0.6) is 0 Å². The number of alkyl carbamates (subject to hydrolysis) is 1. The molecule has 0 bridgehead atoms. The highest BCUT2D eigenvalue weighted by molar-refractivity contribution is 5.68. The molecule has 0 spiro atoms. The molecule has 0 radical (unpaired) electrons. The highest BCUT2D eigenvalue weighted by Crippen LogP contribution is 2.24. The van der Waals surface area contributed by atoms with Crippen molar-refractivity contribution in [2.24, 2.45) is 5.92 Å². The summed E-state index contributed by atoms with van der Waals surface area (Å²) in [4.78, 5) is 14.6. The van der Waals surface area contributed by atoms with Gasteiger partial charge in [-0.2, -0.15) is 0 Å². The molecule has 3 rings (SSSR count). The number of hydrogen-bond donors (Lipinski definition) is 2. The van der Waals surface area contributed by atoms with Crippen molar-refractivity contribution in [2.75, 3.05) is 31.2 Å². The van der Waals surface area contributed by atoms with Gasteiger partial charge in [-0.25, -0.2) is 4.79 Å². The first-order valence-electron chi connectivity index (χ1n) is 10.4. The molecule has 1 aromatic rings. The van der Waals surface area contributed by atoms with E-state index in [-0.39, 0.29) is 18.1 Å². The largest absolute Gasteiger partial charge is 0.444 e. The van der Waals surface area contributed by atoms with E-state index in [2.05, 4.69) is 45.9 Å². The summed E-state index contributed by atoms with van der Waals surface area (Å²) in [5, 5.41) is 6.86. The van der Waals surface area contributed by atoms with Gasteiger partial charge in [0.15, 0.2) is 0 Å². The van der Waals surface area contributed by atoms with Crippen LogP contribution in [-0.4, -0.2) is 56.1 Å². The zero-order valence-corrected chi connectivity index (χ0v) is 17.6. The molecule has 2 fully saturated rings. The van der Waals surface area contributed by atoms with Crippen molar-refractivity contribution in [1.29, 1.82) is 0 Å². The molecular weight excluding hydrogens is 354 g/mol. The van der Waals surface area contributed by atoms with Gasteiger partial charge in [0.25, 0.3) is 0 Å². The van der Waals surface area contributed by atoms with Gasteiger partial charge in [-0.15, -0.1) is 0 Å². The number of ether oxygens (including phenoxy) is 2. The Morgan fingerprint density at radius 1 is 1.25 bits per heavy atom. The molecule has 1 aromatic carbocycles. The quantitative estimate of drug-likeness (QED) is 0.810. The summed E-state index contributed by atoms with van der Waals surface area (Å²) in [5.41, 5.74) is 0.796. The van der Waals surface area contributed by atoms with Crippen LogP contribution in [0.4, 0.5) is 10.5 Å². The van der Waals surface area contributed by atoms with E-state index in [9.17, 15) is 4.79 Å². The number of benzene rings is 1. The standard InChI is InChI=1S/C22H35N3O3/c1-16(23-21(26)28-22(2,3)4)19-15-27-13-11-20(19)24-17-10-12-25(14-17)18-8-6-5-7-9-18/h5-9,16-17,19-20,24H,10-15H2,1-4H3,(H,23,26)/t16-,17-,19-,20+/m0/s1. The van der Waals surface area contributed by atoms with Gasteiger partial charge in [0.2, 0.25) is 0 Å². The van der Waals surface area contributed by atoms with Crippen molar-refractivity contribution < 1.29 is 14.3 Å². The molecule has 2 aliphatic heterocycles. The molecule has 1 amide bonds. The van der Waals surface area contributed by atoms with Crippen LogP contribution in [-0.2, 0) is 9.47 Å². The molecule has 2 aliphatic rings. The van der Waals surface area contributed by atoms with E-state index >= 15 is 0 Å². The molecular formula is C22H35N3O3. The molecule has 6 nitrogen and oxygen atoms in total. The number of amides is 1. The van der Waals surface area contributed by atoms with Crippen LogP contribution < -0.4 is 15.5 Å². The van der Waals surface area contributed by atoms with Gasteiger partial charge in [0, 0.05) is 49.4 Å². The third-order valence-corrected chi connectivity index (χ3v) is 5.55. The summed E-state index contributed by atoms with van der Waals surface area (Å²) in [5.74, 6) is 0.229. The maximum absolute atomic E-state index is 12.2. The summed E-state index contributed by atoms with van der Waals surface area (Å²) < 4.78 is 11.1. The number of carbonyl (C=O) groups is 1. The maximum Gasteiger partial charge on any atom is 0.407 e. The summed E-state index contributed by atoms with van der Waals surface area (Å²) in [7, 11) is 0. The Balaban J connectivity index is 1.54. The number of rotatable bonds is 5. The predicted molar refractivity (Wildman–Crippen MR) is 112 cm³/mol. The smallest absolute Gasteiger partial charge is 0.407 e. The first-order chi connectivity index (χ1) is 13.3. The average molecular weight is 390 g/mol. The molecule has 2 N–H and O–H groups in total. The van der Waals surface area contributed by atoms with Gasteiger partial charge in [-0.05, 0) is 52.7 Å². The van der Waals surface area contributed by atoms with Crippen molar-refractivity contribution in [2.45, 2.75) is 64.3 Å². The van der Waals surface area contributed by atoms with Gasteiger partial charge >= 0.3 is 6.09 Å². The van der Waals surface area contributed by atoms with Crippen molar-refractivity contribution in [1.82, 2.24) is 10.6 Å². The lowest BCUT2D eigenvalue weighted by Gasteiger charge is -2.38. The molecule has 28 heavy (non-hydrogen) atoms. The van der Waals surface area contributed by atoms with E-state index in [0.29, 0.717) is 18.7 Å². The van der Waals surface area contributed by atoms with Crippen LogP contribution in [0.3, 0.4) is 0 Å². The summed E-state index contributed by atoms with van der Waals surface area (Å²) in [6.45, 7) is 11.2. The SMILES string of the molecule is C[C@H](NC(=O)OC(C)(C)C)[C@@H]1COCC[C@H]1N[C@H]1CCN(c2ccccc2)C1. The van der Waals surface area contributed by atoms with Gasteiger partial charge in [-0.3, -0.25) is 0 Å². The third-order valence-electron chi connectivity index (χ3n) is 5.55. The highest BCUT2D eigenvalue weighted by Gasteiger charge is 2.34. The first kappa shape index (κ1) is 20.9. The Hall–Kier alpha value is -1.79. The van der Waals surface area contributed by atoms with Gasteiger partial charge in [0.1, 0.15) is 5.60 Å². The molecule has 2 saturated heterocycles. The molecule has 4 atom stereocenters. The predicted octanol–water partition coefficient (Wildman–Crippen LogP) is 3.17. The molecule has 0 aromatic heterocycles. The highest BCUT2D eigenvalue weighted by atomic mass is 16.6. The Bertz CT molecular complexity index is 632. The summed E-state index contributed by atoms with van der Waals surface area (Å²) in [6, 6.07) is 11.4. The van der Waals surface area contributed by atoms with Crippen LogP contribution in [0.2, 0.25) is 0 Å². The van der Waals surface area contributed by atoms with E-state index in [1.807, 2.05) is 27.7 Å². The number of para-hydroxylation sites is 1. The molecule has 156 valence electrons. The van der Waals surface area contributed by atoms with E-state index in [1.54, 1.807) is 0 Å². The average Bonchev–Trinajstić information content (AvgIpc) is 3.10. The minimum absolute atomic E-state index is 0.0146. The molecule has 0 aliphatic carbocycles. The fourth-order valence-electron chi connectivity index (χ4n) is 4.13. The lowest BCUT2D eigenvalue weighted by molar-refractivity contribution is 0.0106. The van der Waals surface area contributed by atoms with Crippen LogP contribution in [0, 0.1) is 5.92 Å². The van der Waals surface area contributed by atoms with E-state index < -0.39 is 5.60 Å². The maximum atomic E-state index is 12.2. The van der Waals surface area contributed by atoms with Crippen LogP contribution in [0.15, 0.2) is 30.3 Å². The van der Waals surface area contributed by atoms with Crippen molar-refractivity contribution in [3.63, 3.8) is 0 Å². The number of anilines is 1. The van der Waals surface area contributed by atoms with E-state index in [1.165, 1.54) is 5.69 Å². The Morgan fingerprint density at radius 3 is 2.71 bits per heavy atom. The third kappa shape index (κ3) is 5.85. The van der Waals surface area contributed by atoms with Crippen LogP contribution >= 0.6 is 0 Å². The van der Waals surface area contributed by atoms with E-state index in [4.69, 9.17) is 9.47 Å². The topological polar surface area (TPSA) is 62.8 Å². The second-order valence-corrected chi connectivity index (χ2v) is 9.00. The van der Waals surface area contributed by atoms with Gasteiger partial charge in [0.05, 0.1) is 6.61 Å². The van der Waals surface area contributed by atoms with Crippen molar-refractivity contribution >= 4 is 11.8 Å². The Labute approximate surface area is 169 Å². The monoisotopic (exact) mass is 389 g/mol. The lowest BCUT2D eigenvalue weighted by atomic mass is 9.89. The zero-order chi connectivity index (χ0) is 20.1. The van der Waals surface area contributed by atoms with Crippen LogP contribution in [0.25, 0.3) is 0 Å². The molecule has 0 saturated carbocycles. The number of nitrogens with zero attached hydrogens (tertiary/aromatic N) is 1. The normalized spacial score (nSPS) is 26.7. The number of carbonyl (C=O) groups excluding carboxylic acids is 1. The number of hydrogen-bond acceptors (Lipinski definition) is 5. The van der Waals surface area contributed by atoms with Crippen LogP contribution in [0.1, 0.15) is 40.5 Å². The Morgan fingerprint density at radius 2 is 2.00 bits per heavy atom. The fourth-order valence-corrected chi connectivity index (χ4v) is 4.13. The lowest BCUT2D eigenvalue weighted by Crippen LogP contribution is -2.55. The first-order valence-corrected chi connectivity index (χ1v) is 10.4. The number of nitrogens with one attached hydrogen (secondary N) is 2. The van der Waals surface area contributed by atoms with Gasteiger partial charge < -0.3 is 25.0 Å². The molecule has 0 unspecified atom stereocenters. The molecule has 6 heteroatoms. The fraction of sp³-hybridized carbons (Fsp3) is 0.682. The second-order valence-electron chi connectivity index (χ2n) is 9.00. The molecule has 2 heterocycles. The van der Waals surface area contributed by atoms with Crippen molar-refractivity contribution in [3.05, 3.63) is 30.3 Å². The second kappa shape index (κ2) is 9.14. The summed E-state index contributed by atoms with van der Waals surface area (Å²) >= 11 is 0.